The van der Waals surface area contributed by atoms with Crippen molar-refractivity contribution in [3.8, 4) is 0 Å². The molecule has 1 aromatic carbocycles. The largest absolute Gasteiger partial charge is 0.462 e. The highest BCUT2D eigenvalue weighted by Crippen LogP contribution is 2.18. The van der Waals surface area contributed by atoms with Gasteiger partial charge in [-0.25, -0.2) is 14.0 Å². The zero-order valence-electron chi connectivity index (χ0n) is 11.1. The fraction of sp³-hybridized carbons (Fsp3) is 0.286. The fourth-order valence-electron chi connectivity index (χ4n) is 1.40. The monoisotopic (exact) mass is 300 g/mol. The highest BCUT2D eigenvalue weighted by atomic mass is 35.5. The van der Waals surface area contributed by atoms with E-state index in [0.717, 1.165) is 12.1 Å². The topological polar surface area (TPSA) is 52.6 Å². The second-order valence-corrected chi connectivity index (χ2v) is 4.10. The van der Waals surface area contributed by atoms with E-state index in [0.29, 0.717) is 0 Å². The van der Waals surface area contributed by atoms with Gasteiger partial charge < -0.3 is 9.47 Å². The Morgan fingerprint density at radius 2 is 1.75 bits per heavy atom. The molecule has 0 aromatic heterocycles. The number of carbonyl (C=O) groups excluding carboxylic acids is 2. The molecule has 108 valence electrons. The number of carbonyl (C=O) groups is 2. The van der Waals surface area contributed by atoms with Gasteiger partial charge >= 0.3 is 11.9 Å². The summed E-state index contributed by atoms with van der Waals surface area (Å²) in [5.74, 6) is -2.35. The second kappa shape index (κ2) is 7.65. The summed E-state index contributed by atoms with van der Waals surface area (Å²) < 4.78 is 23.1. The third kappa shape index (κ3) is 4.35. The molecule has 0 atom stereocenters. The van der Waals surface area contributed by atoms with Crippen molar-refractivity contribution >= 4 is 29.6 Å². The number of hydrogen-bond acceptors (Lipinski definition) is 4. The van der Waals surface area contributed by atoms with Gasteiger partial charge in [-0.15, -0.1) is 0 Å². The van der Waals surface area contributed by atoms with Gasteiger partial charge in [-0.3, -0.25) is 0 Å². The first-order valence-electron chi connectivity index (χ1n) is 6.00. The van der Waals surface area contributed by atoms with Crippen molar-refractivity contribution in [2.24, 2.45) is 0 Å². The lowest BCUT2D eigenvalue weighted by Gasteiger charge is -2.07. The first-order valence-corrected chi connectivity index (χ1v) is 6.38. The van der Waals surface area contributed by atoms with Crippen LogP contribution in [0.5, 0.6) is 0 Å². The number of ether oxygens (including phenoxy) is 2. The molecule has 4 nitrogen and oxygen atoms in total. The Bertz CT molecular complexity index is 520. The number of rotatable bonds is 5. The first-order chi connectivity index (χ1) is 9.49. The van der Waals surface area contributed by atoms with Gasteiger partial charge in [-0.05, 0) is 38.1 Å². The van der Waals surface area contributed by atoms with Crippen molar-refractivity contribution in [2.45, 2.75) is 13.8 Å². The maximum absolute atomic E-state index is 13.6. The van der Waals surface area contributed by atoms with Gasteiger partial charge in [0, 0.05) is 10.6 Å². The molecule has 20 heavy (non-hydrogen) atoms. The van der Waals surface area contributed by atoms with Gasteiger partial charge in [0.25, 0.3) is 0 Å². The Morgan fingerprint density at radius 1 is 1.20 bits per heavy atom. The minimum atomic E-state index is -0.870. The molecule has 0 saturated carbocycles. The van der Waals surface area contributed by atoms with E-state index in [1.165, 1.54) is 12.1 Å². The molecule has 0 aliphatic rings. The molecule has 0 N–H and O–H groups in total. The van der Waals surface area contributed by atoms with Crippen molar-refractivity contribution in [2.75, 3.05) is 13.2 Å². The van der Waals surface area contributed by atoms with E-state index in [9.17, 15) is 14.0 Å². The molecule has 1 rings (SSSR count). The Morgan fingerprint density at radius 3 is 2.25 bits per heavy atom. The van der Waals surface area contributed by atoms with Crippen LogP contribution in [-0.2, 0) is 19.1 Å². The van der Waals surface area contributed by atoms with Gasteiger partial charge in [0.15, 0.2) is 0 Å². The Kier molecular flexibility index (Phi) is 6.18. The zero-order chi connectivity index (χ0) is 15.1. The van der Waals surface area contributed by atoms with E-state index in [4.69, 9.17) is 21.1 Å². The SMILES string of the molecule is CCOC(=O)C(=Cc1cc(Cl)ccc1F)C(=O)OCC. The van der Waals surface area contributed by atoms with Crippen LogP contribution >= 0.6 is 11.6 Å². The molecule has 0 radical (unpaired) electrons. The van der Waals surface area contributed by atoms with Crippen LogP contribution in [0, 0.1) is 5.82 Å². The lowest BCUT2D eigenvalue weighted by atomic mass is 10.1. The van der Waals surface area contributed by atoms with E-state index in [1.807, 2.05) is 0 Å². The average molecular weight is 301 g/mol. The van der Waals surface area contributed by atoms with Crippen LogP contribution in [0.25, 0.3) is 6.08 Å². The third-order valence-corrected chi connectivity index (χ3v) is 2.48. The van der Waals surface area contributed by atoms with Crippen LogP contribution in [0.15, 0.2) is 23.8 Å². The summed E-state index contributed by atoms with van der Waals surface area (Å²) in [6, 6.07) is 3.81. The minimum Gasteiger partial charge on any atom is -0.462 e. The predicted molar refractivity (Wildman–Crippen MR) is 72.7 cm³/mol. The van der Waals surface area contributed by atoms with E-state index >= 15 is 0 Å². The summed E-state index contributed by atoms with van der Waals surface area (Å²) in [6.45, 7) is 3.38. The van der Waals surface area contributed by atoms with Crippen molar-refractivity contribution in [1.82, 2.24) is 0 Å². The van der Waals surface area contributed by atoms with Gasteiger partial charge in [0.1, 0.15) is 11.4 Å². The lowest BCUT2D eigenvalue weighted by molar-refractivity contribution is -0.146. The number of halogens is 2. The average Bonchev–Trinajstić information content (AvgIpc) is 2.40. The number of hydrogen-bond donors (Lipinski definition) is 0. The molecule has 0 unspecified atom stereocenters. The summed E-state index contributed by atoms with van der Waals surface area (Å²) in [7, 11) is 0. The molecule has 0 spiro atoms. The van der Waals surface area contributed by atoms with E-state index < -0.39 is 17.8 Å². The molecule has 0 heterocycles. The first kappa shape index (κ1) is 16.2. The quantitative estimate of drug-likeness (QED) is 0.363. The van der Waals surface area contributed by atoms with Crippen LogP contribution in [0.4, 0.5) is 4.39 Å². The van der Waals surface area contributed by atoms with E-state index in [1.54, 1.807) is 13.8 Å². The van der Waals surface area contributed by atoms with E-state index in [-0.39, 0.29) is 29.4 Å². The molecule has 6 heteroatoms. The normalized spacial score (nSPS) is 9.80. The molecule has 0 aliphatic heterocycles. The van der Waals surface area contributed by atoms with Crippen molar-refractivity contribution in [3.63, 3.8) is 0 Å². The Hall–Kier alpha value is -1.88. The zero-order valence-corrected chi connectivity index (χ0v) is 11.9. The molecule has 0 amide bonds. The molecular weight excluding hydrogens is 287 g/mol. The lowest BCUT2D eigenvalue weighted by Crippen LogP contribution is -2.18. The summed E-state index contributed by atoms with van der Waals surface area (Å²) in [6.07, 6.45) is 1.07. The molecule has 0 bridgehead atoms. The van der Waals surface area contributed by atoms with Crippen LogP contribution in [0.2, 0.25) is 5.02 Å². The smallest absolute Gasteiger partial charge is 0.345 e. The molecule has 0 fully saturated rings. The van der Waals surface area contributed by atoms with Gasteiger partial charge in [0.2, 0.25) is 0 Å². The Labute approximate surface area is 121 Å². The van der Waals surface area contributed by atoms with Crippen LogP contribution in [-0.4, -0.2) is 25.2 Å². The van der Waals surface area contributed by atoms with Crippen molar-refractivity contribution in [3.05, 3.63) is 40.2 Å². The van der Waals surface area contributed by atoms with Gasteiger partial charge in [-0.2, -0.15) is 0 Å². The summed E-state index contributed by atoms with van der Waals surface area (Å²) in [4.78, 5) is 23.4. The highest BCUT2D eigenvalue weighted by molar-refractivity contribution is 6.30. The van der Waals surface area contributed by atoms with E-state index in [2.05, 4.69) is 0 Å². The van der Waals surface area contributed by atoms with Gasteiger partial charge in [-0.1, -0.05) is 11.6 Å². The predicted octanol–water partition coefficient (Wildman–Crippen LogP) is 2.99. The second-order valence-electron chi connectivity index (χ2n) is 3.66. The molecule has 0 aliphatic carbocycles. The maximum Gasteiger partial charge on any atom is 0.345 e. The molecule has 0 saturated heterocycles. The standard InChI is InChI=1S/C14H14ClFO4/c1-3-19-13(17)11(14(18)20-4-2)8-9-7-10(15)5-6-12(9)16/h5-8H,3-4H2,1-2H3. The summed E-state index contributed by atoms with van der Waals surface area (Å²) in [5, 5.41) is 0.282. The Balaban J connectivity index is 3.21. The maximum atomic E-state index is 13.6. The molecule has 1 aromatic rings. The number of esters is 2. The minimum absolute atomic E-state index is 0.00797. The van der Waals surface area contributed by atoms with Crippen molar-refractivity contribution < 1.29 is 23.5 Å². The van der Waals surface area contributed by atoms with Gasteiger partial charge in [0.05, 0.1) is 13.2 Å². The summed E-state index contributed by atoms with van der Waals surface area (Å²) in [5.41, 5.74) is -0.372. The number of benzene rings is 1. The molecular formula is C14H14ClFO4. The fourth-order valence-corrected chi connectivity index (χ4v) is 1.58. The van der Waals surface area contributed by atoms with Crippen LogP contribution in [0.1, 0.15) is 19.4 Å². The summed E-state index contributed by atoms with van der Waals surface area (Å²) >= 11 is 5.75. The third-order valence-electron chi connectivity index (χ3n) is 2.25. The van der Waals surface area contributed by atoms with Crippen LogP contribution in [0.3, 0.4) is 0 Å². The highest BCUT2D eigenvalue weighted by Gasteiger charge is 2.21. The van der Waals surface area contributed by atoms with Crippen LogP contribution < -0.4 is 0 Å². The van der Waals surface area contributed by atoms with Crippen molar-refractivity contribution in [1.29, 1.82) is 0 Å².